The number of Topliss-reactive ketones (excluding diaryl/α,β-unsaturated/α-hetero) is 1. The van der Waals surface area contributed by atoms with Gasteiger partial charge in [0, 0.05) is 25.0 Å². The van der Waals surface area contributed by atoms with Gasteiger partial charge in [0.15, 0.2) is 5.78 Å². The van der Waals surface area contributed by atoms with Gasteiger partial charge in [-0.05, 0) is 54.9 Å². The molecule has 1 heterocycles. The number of benzene rings is 1. The number of carbonyl (C=O) groups is 1. The molecule has 2 N–H and O–H groups in total. The van der Waals surface area contributed by atoms with Gasteiger partial charge in [0.1, 0.15) is 11.5 Å². The Morgan fingerprint density at radius 2 is 1.86 bits per heavy atom. The Morgan fingerprint density at radius 3 is 2.55 bits per heavy atom. The van der Waals surface area contributed by atoms with E-state index in [2.05, 4.69) is 0 Å². The van der Waals surface area contributed by atoms with E-state index in [4.69, 9.17) is 4.74 Å². The molecule has 3 aliphatic rings. The molecule has 1 saturated heterocycles. The largest absolute Gasteiger partial charge is 0.511 e. The Hall–Kier alpha value is -1.81. The maximum Gasteiger partial charge on any atom is 0.167 e. The Kier molecular flexibility index (Phi) is 3.05. The fourth-order valence-electron chi connectivity index (χ4n) is 3.84. The van der Waals surface area contributed by atoms with Crippen molar-refractivity contribution in [2.75, 3.05) is 13.2 Å². The van der Waals surface area contributed by atoms with E-state index in [0.717, 1.165) is 24.0 Å². The van der Waals surface area contributed by atoms with Gasteiger partial charge in [0.25, 0.3) is 0 Å². The lowest BCUT2D eigenvalue weighted by molar-refractivity contribution is -0.115. The zero-order chi connectivity index (χ0) is 15.3. The first-order valence-corrected chi connectivity index (χ1v) is 7.99. The number of hydrogen-bond acceptors (Lipinski definition) is 4. The van der Waals surface area contributed by atoms with Crippen molar-refractivity contribution in [3.05, 3.63) is 35.1 Å². The molecule has 0 atom stereocenters. The summed E-state index contributed by atoms with van der Waals surface area (Å²) in [5, 5.41) is 20.7. The van der Waals surface area contributed by atoms with Gasteiger partial charge in [-0.3, -0.25) is 4.79 Å². The molecular formula is C18H20O4. The molecule has 22 heavy (non-hydrogen) atoms. The molecule has 2 aliphatic carbocycles. The molecule has 0 unspecified atom stereocenters. The molecule has 116 valence electrons. The zero-order valence-electron chi connectivity index (χ0n) is 12.5. The average molecular weight is 300 g/mol. The molecule has 0 bridgehead atoms. The SMILES string of the molecule is O=C1CC2(CCOCC2)C(O)=C1c1cc(O)ccc1C1CC1. The maximum absolute atomic E-state index is 12.6. The first kappa shape index (κ1) is 13.8. The van der Waals surface area contributed by atoms with Gasteiger partial charge in [-0.25, -0.2) is 0 Å². The number of phenols is 1. The summed E-state index contributed by atoms with van der Waals surface area (Å²) in [6, 6.07) is 5.19. The van der Waals surface area contributed by atoms with Crippen LogP contribution in [-0.4, -0.2) is 29.2 Å². The first-order valence-electron chi connectivity index (χ1n) is 7.99. The molecule has 4 rings (SSSR count). The standard InChI is InChI=1S/C18H20O4/c19-12-3-4-13(11-1-2-11)14(9-12)16-15(20)10-18(17(16)21)5-7-22-8-6-18/h3-4,9,11,19,21H,1-2,5-8,10H2. The van der Waals surface area contributed by atoms with E-state index < -0.39 is 5.41 Å². The van der Waals surface area contributed by atoms with Crippen LogP contribution in [0.1, 0.15) is 49.1 Å². The maximum atomic E-state index is 12.6. The summed E-state index contributed by atoms with van der Waals surface area (Å²) in [4.78, 5) is 12.6. The van der Waals surface area contributed by atoms with Gasteiger partial charge in [-0.2, -0.15) is 0 Å². The molecule has 0 radical (unpaired) electrons. The number of aliphatic hydroxyl groups excluding tert-OH is 1. The number of hydrogen-bond donors (Lipinski definition) is 2. The molecule has 0 amide bonds. The highest BCUT2D eigenvalue weighted by atomic mass is 16.5. The lowest BCUT2D eigenvalue weighted by atomic mass is 9.78. The zero-order valence-corrected chi connectivity index (χ0v) is 12.5. The second-order valence-electron chi connectivity index (χ2n) is 6.76. The molecule has 1 spiro atoms. The highest BCUT2D eigenvalue weighted by Crippen LogP contribution is 2.52. The molecule has 1 aromatic carbocycles. The normalized spacial score (nSPS) is 24.3. The van der Waals surface area contributed by atoms with Crippen molar-refractivity contribution in [1.82, 2.24) is 0 Å². The third-order valence-corrected chi connectivity index (χ3v) is 5.29. The van der Waals surface area contributed by atoms with Crippen molar-refractivity contribution in [1.29, 1.82) is 0 Å². The van der Waals surface area contributed by atoms with Crippen LogP contribution >= 0.6 is 0 Å². The van der Waals surface area contributed by atoms with E-state index in [-0.39, 0.29) is 17.3 Å². The smallest absolute Gasteiger partial charge is 0.167 e. The molecule has 4 nitrogen and oxygen atoms in total. The summed E-state index contributed by atoms with van der Waals surface area (Å²) in [5.74, 6) is 0.801. The summed E-state index contributed by atoms with van der Waals surface area (Å²) in [6.07, 6.45) is 3.95. The first-order chi connectivity index (χ1) is 10.6. The van der Waals surface area contributed by atoms with E-state index in [1.54, 1.807) is 12.1 Å². The summed E-state index contributed by atoms with van der Waals surface area (Å²) < 4.78 is 5.39. The number of allylic oxidation sites excluding steroid dienone is 2. The Labute approximate surface area is 129 Å². The highest BCUT2D eigenvalue weighted by molar-refractivity contribution is 6.24. The van der Waals surface area contributed by atoms with Crippen LogP contribution in [-0.2, 0) is 9.53 Å². The Balaban J connectivity index is 1.84. The number of ether oxygens (including phenoxy) is 1. The number of aliphatic hydroxyl groups is 1. The van der Waals surface area contributed by atoms with Crippen molar-refractivity contribution >= 4 is 11.4 Å². The van der Waals surface area contributed by atoms with Gasteiger partial charge in [0.05, 0.1) is 5.57 Å². The van der Waals surface area contributed by atoms with Crippen LogP contribution in [0.4, 0.5) is 0 Å². The quantitative estimate of drug-likeness (QED) is 0.879. The van der Waals surface area contributed by atoms with Gasteiger partial charge >= 0.3 is 0 Å². The van der Waals surface area contributed by atoms with E-state index in [0.29, 0.717) is 44.0 Å². The lowest BCUT2D eigenvalue weighted by Gasteiger charge is -2.32. The molecule has 4 heteroatoms. The summed E-state index contributed by atoms with van der Waals surface area (Å²) in [5.41, 5.74) is 1.79. The van der Waals surface area contributed by atoms with Crippen LogP contribution < -0.4 is 0 Å². The number of phenolic OH excluding ortho intramolecular Hbond substituents is 1. The Bertz CT molecular complexity index is 664. The molecule has 1 aromatic rings. The minimum absolute atomic E-state index is 0.00750. The number of ketones is 1. The predicted octanol–water partition coefficient (Wildman–Crippen LogP) is 3.31. The van der Waals surface area contributed by atoms with E-state index in [1.165, 1.54) is 0 Å². The molecular weight excluding hydrogens is 280 g/mol. The summed E-state index contributed by atoms with van der Waals surface area (Å²) in [7, 11) is 0. The number of rotatable bonds is 2. The van der Waals surface area contributed by atoms with Gasteiger partial charge in [-0.1, -0.05) is 6.07 Å². The third-order valence-electron chi connectivity index (χ3n) is 5.29. The van der Waals surface area contributed by atoms with Crippen molar-refractivity contribution in [2.24, 2.45) is 5.41 Å². The van der Waals surface area contributed by atoms with Gasteiger partial charge in [0.2, 0.25) is 0 Å². The van der Waals surface area contributed by atoms with Crippen molar-refractivity contribution in [3.63, 3.8) is 0 Å². The van der Waals surface area contributed by atoms with Crippen LogP contribution in [0.25, 0.3) is 5.57 Å². The minimum Gasteiger partial charge on any atom is -0.511 e. The fraction of sp³-hybridized carbons (Fsp3) is 0.500. The van der Waals surface area contributed by atoms with Crippen LogP contribution in [0.15, 0.2) is 24.0 Å². The van der Waals surface area contributed by atoms with Crippen LogP contribution in [0.2, 0.25) is 0 Å². The van der Waals surface area contributed by atoms with E-state index >= 15 is 0 Å². The summed E-state index contributed by atoms with van der Waals surface area (Å²) in [6.45, 7) is 1.17. The Morgan fingerprint density at radius 1 is 1.14 bits per heavy atom. The van der Waals surface area contributed by atoms with E-state index in [9.17, 15) is 15.0 Å². The molecule has 1 saturated carbocycles. The second-order valence-corrected chi connectivity index (χ2v) is 6.76. The minimum atomic E-state index is -0.447. The lowest BCUT2D eigenvalue weighted by Crippen LogP contribution is -2.29. The third kappa shape index (κ3) is 2.05. The topological polar surface area (TPSA) is 66.8 Å². The molecule has 2 fully saturated rings. The van der Waals surface area contributed by atoms with E-state index in [1.807, 2.05) is 6.07 Å². The fourth-order valence-corrected chi connectivity index (χ4v) is 3.84. The molecule has 0 aromatic heterocycles. The molecule has 1 aliphatic heterocycles. The van der Waals surface area contributed by atoms with Crippen LogP contribution in [0.5, 0.6) is 5.75 Å². The number of carbonyl (C=O) groups excluding carboxylic acids is 1. The van der Waals surface area contributed by atoms with Crippen molar-refractivity contribution < 1.29 is 19.7 Å². The van der Waals surface area contributed by atoms with Crippen molar-refractivity contribution in [3.8, 4) is 5.75 Å². The number of aromatic hydroxyl groups is 1. The van der Waals surface area contributed by atoms with Crippen molar-refractivity contribution in [2.45, 2.75) is 38.0 Å². The highest BCUT2D eigenvalue weighted by Gasteiger charge is 2.48. The van der Waals surface area contributed by atoms with Crippen LogP contribution in [0, 0.1) is 5.41 Å². The average Bonchev–Trinajstić information content (AvgIpc) is 3.30. The summed E-state index contributed by atoms with van der Waals surface area (Å²) >= 11 is 0. The van der Waals surface area contributed by atoms with Gasteiger partial charge in [-0.15, -0.1) is 0 Å². The second kappa shape index (κ2) is 4.85. The van der Waals surface area contributed by atoms with Gasteiger partial charge < -0.3 is 14.9 Å². The monoisotopic (exact) mass is 300 g/mol. The van der Waals surface area contributed by atoms with Crippen LogP contribution in [0.3, 0.4) is 0 Å². The predicted molar refractivity (Wildman–Crippen MR) is 81.7 cm³/mol.